The summed E-state index contributed by atoms with van der Waals surface area (Å²) in [6.45, 7) is 0. The number of rotatable bonds is 3. The van der Waals surface area contributed by atoms with Crippen molar-refractivity contribution in [1.29, 1.82) is 0 Å². The van der Waals surface area contributed by atoms with Gasteiger partial charge in [-0.1, -0.05) is 23.2 Å². The maximum Gasteiger partial charge on any atom is 0.305 e. The van der Waals surface area contributed by atoms with E-state index in [4.69, 9.17) is 34.0 Å². The van der Waals surface area contributed by atoms with Gasteiger partial charge in [-0.3, -0.25) is 4.79 Å². The molecule has 6 heteroatoms. The Morgan fingerprint density at radius 1 is 1.47 bits per heavy atom. The Labute approximate surface area is 95.6 Å². The zero-order valence-corrected chi connectivity index (χ0v) is 9.02. The van der Waals surface area contributed by atoms with Crippen LogP contribution in [0.25, 0.3) is 0 Å². The highest BCUT2D eigenvalue weighted by Gasteiger charge is 2.20. The van der Waals surface area contributed by atoms with Gasteiger partial charge in [0.2, 0.25) is 0 Å². The fourth-order valence-electron chi connectivity index (χ4n) is 1.17. The molecule has 3 N–H and O–H groups in total. The molecule has 0 aliphatic heterocycles. The van der Waals surface area contributed by atoms with E-state index >= 15 is 0 Å². The first-order valence-electron chi connectivity index (χ1n) is 4.04. The van der Waals surface area contributed by atoms with Gasteiger partial charge in [0, 0.05) is 16.6 Å². The lowest BCUT2D eigenvalue weighted by Crippen LogP contribution is -2.17. The van der Waals surface area contributed by atoms with Gasteiger partial charge in [0.25, 0.3) is 0 Å². The number of carbonyl (C=O) groups is 1. The second-order valence-electron chi connectivity index (χ2n) is 2.96. The van der Waals surface area contributed by atoms with Crippen LogP contribution in [0.15, 0.2) is 12.1 Å². The Balaban J connectivity index is 3.12. The van der Waals surface area contributed by atoms with E-state index in [2.05, 4.69) is 0 Å². The molecular weight excluding hydrogens is 244 g/mol. The molecule has 0 spiro atoms. The average Bonchev–Trinajstić information content (AvgIpc) is 2.11. The molecule has 0 fully saturated rings. The lowest BCUT2D eigenvalue weighted by molar-refractivity contribution is -0.137. The van der Waals surface area contributed by atoms with Crippen molar-refractivity contribution in [2.45, 2.75) is 12.5 Å². The molecule has 0 aromatic heterocycles. The average molecular weight is 252 g/mol. The molecule has 0 amide bonds. The van der Waals surface area contributed by atoms with Crippen LogP contribution >= 0.6 is 23.2 Å². The molecule has 0 aliphatic carbocycles. The summed E-state index contributed by atoms with van der Waals surface area (Å²) < 4.78 is 13.5. The first-order chi connectivity index (χ1) is 6.93. The lowest BCUT2D eigenvalue weighted by atomic mass is 10.0. The highest BCUT2D eigenvalue weighted by Crippen LogP contribution is 2.30. The van der Waals surface area contributed by atoms with E-state index in [0.29, 0.717) is 0 Å². The standard InChI is InChI=1S/C9H8Cl2FNO2/c10-4-1-2-5(11)9(12)8(4)6(13)3-7(14)15/h1-2,6H,3,13H2,(H,14,15). The lowest BCUT2D eigenvalue weighted by Gasteiger charge is -2.13. The van der Waals surface area contributed by atoms with Gasteiger partial charge in [0.05, 0.1) is 11.4 Å². The molecule has 0 saturated carbocycles. The van der Waals surface area contributed by atoms with Crippen LogP contribution in [-0.4, -0.2) is 11.1 Å². The molecule has 0 heterocycles. The van der Waals surface area contributed by atoms with Crippen LogP contribution in [0.3, 0.4) is 0 Å². The molecule has 0 saturated heterocycles. The quantitative estimate of drug-likeness (QED) is 0.812. The van der Waals surface area contributed by atoms with Gasteiger partial charge in [0.15, 0.2) is 0 Å². The molecule has 0 aliphatic rings. The SMILES string of the molecule is NC(CC(=O)O)c1c(Cl)ccc(Cl)c1F. The van der Waals surface area contributed by atoms with Crippen LogP contribution in [0.5, 0.6) is 0 Å². The number of hydrogen-bond acceptors (Lipinski definition) is 2. The molecule has 1 atom stereocenters. The van der Waals surface area contributed by atoms with Crippen LogP contribution in [0.1, 0.15) is 18.0 Å². The van der Waals surface area contributed by atoms with Gasteiger partial charge in [-0.2, -0.15) is 0 Å². The first-order valence-corrected chi connectivity index (χ1v) is 4.80. The summed E-state index contributed by atoms with van der Waals surface area (Å²) in [5.41, 5.74) is 5.44. The van der Waals surface area contributed by atoms with Gasteiger partial charge in [-0.25, -0.2) is 4.39 Å². The smallest absolute Gasteiger partial charge is 0.305 e. The predicted octanol–water partition coefficient (Wildman–Crippen LogP) is 2.61. The molecular formula is C9H8Cl2FNO2. The summed E-state index contributed by atoms with van der Waals surface area (Å²) in [7, 11) is 0. The van der Waals surface area contributed by atoms with Crippen molar-refractivity contribution < 1.29 is 14.3 Å². The topological polar surface area (TPSA) is 63.3 Å². The minimum absolute atomic E-state index is 0.0634. The van der Waals surface area contributed by atoms with Crippen molar-refractivity contribution in [1.82, 2.24) is 0 Å². The van der Waals surface area contributed by atoms with Gasteiger partial charge in [-0.15, -0.1) is 0 Å². The van der Waals surface area contributed by atoms with Crippen LogP contribution in [-0.2, 0) is 4.79 Å². The predicted molar refractivity (Wildman–Crippen MR) is 55.6 cm³/mol. The summed E-state index contributed by atoms with van der Waals surface area (Å²) in [5.74, 6) is -1.89. The van der Waals surface area contributed by atoms with Gasteiger partial charge >= 0.3 is 5.97 Å². The van der Waals surface area contributed by atoms with Gasteiger partial charge in [-0.05, 0) is 12.1 Å². The number of benzene rings is 1. The van der Waals surface area contributed by atoms with Gasteiger partial charge < -0.3 is 10.8 Å². The molecule has 3 nitrogen and oxygen atoms in total. The van der Waals surface area contributed by atoms with Crippen LogP contribution < -0.4 is 5.73 Å². The summed E-state index contributed by atoms with van der Waals surface area (Å²) >= 11 is 11.2. The third-order valence-corrected chi connectivity index (χ3v) is 2.47. The third kappa shape index (κ3) is 2.81. The van der Waals surface area contributed by atoms with E-state index < -0.39 is 24.2 Å². The van der Waals surface area contributed by atoms with Crippen molar-refractivity contribution >= 4 is 29.2 Å². The Bertz CT molecular complexity index is 398. The highest BCUT2D eigenvalue weighted by atomic mass is 35.5. The Hall–Kier alpha value is -0.840. The fourth-order valence-corrected chi connectivity index (χ4v) is 1.62. The largest absolute Gasteiger partial charge is 0.481 e. The van der Waals surface area contributed by atoms with Crippen LogP contribution in [0.4, 0.5) is 4.39 Å². The summed E-state index contributed by atoms with van der Waals surface area (Å²) in [4.78, 5) is 10.4. The Morgan fingerprint density at radius 3 is 2.53 bits per heavy atom. The monoisotopic (exact) mass is 251 g/mol. The van der Waals surface area contributed by atoms with Gasteiger partial charge in [0.1, 0.15) is 5.82 Å². The minimum Gasteiger partial charge on any atom is -0.481 e. The number of nitrogens with two attached hydrogens (primary N) is 1. The van der Waals surface area contributed by atoms with E-state index in [1.165, 1.54) is 12.1 Å². The normalized spacial score (nSPS) is 12.5. The molecule has 0 bridgehead atoms. The van der Waals surface area contributed by atoms with E-state index in [0.717, 1.165) is 0 Å². The fraction of sp³-hybridized carbons (Fsp3) is 0.222. The molecule has 1 rings (SSSR count). The van der Waals surface area contributed by atoms with Crippen molar-refractivity contribution in [3.8, 4) is 0 Å². The molecule has 1 aromatic rings. The molecule has 1 unspecified atom stereocenters. The second kappa shape index (κ2) is 4.79. The number of carboxylic acid groups (broad SMARTS) is 1. The van der Waals surface area contributed by atoms with Crippen molar-refractivity contribution in [2.24, 2.45) is 5.73 Å². The zero-order chi connectivity index (χ0) is 11.6. The van der Waals surface area contributed by atoms with E-state index in [1.807, 2.05) is 0 Å². The van der Waals surface area contributed by atoms with Crippen LogP contribution in [0.2, 0.25) is 10.0 Å². The maximum atomic E-state index is 13.5. The van der Waals surface area contributed by atoms with Crippen molar-refractivity contribution in [2.75, 3.05) is 0 Å². The van der Waals surface area contributed by atoms with E-state index in [-0.39, 0.29) is 15.6 Å². The first kappa shape index (κ1) is 12.2. The molecule has 15 heavy (non-hydrogen) atoms. The maximum absolute atomic E-state index is 13.5. The van der Waals surface area contributed by atoms with Crippen molar-refractivity contribution in [3.63, 3.8) is 0 Å². The second-order valence-corrected chi connectivity index (χ2v) is 3.78. The van der Waals surface area contributed by atoms with Crippen LogP contribution in [0, 0.1) is 5.82 Å². The summed E-state index contributed by atoms with van der Waals surface area (Å²) in [6.07, 6.45) is -0.406. The highest BCUT2D eigenvalue weighted by molar-refractivity contribution is 6.33. The molecule has 0 radical (unpaired) electrons. The zero-order valence-electron chi connectivity index (χ0n) is 7.51. The number of hydrogen-bond donors (Lipinski definition) is 2. The number of halogens is 3. The summed E-state index contributed by atoms with van der Waals surface area (Å²) in [6, 6.07) is 1.66. The molecule has 1 aromatic carbocycles. The number of carboxylic acids is 1. The molecule has 82 valence electrons. The Morgan fingerprint density at radius 2 is 2.00 bits per heavy atom. The van der Waals surface area contributed by atoms with E-state index in [9.17, 15) is 9.18 Å². The van der Waals surface area contributed by atoms with Crippen molar-refractivity contribution in [3.05, 3.63) is 33.6 Å². The minimum atomic E-state index is -1.13. The summed E-state index contributed by atoms with van der Waals surface area (Å²) in [5, 5.41) is 8.46. The third-order valence-electron chi connectivity index (χ3n) is 1.84. The Kier molecular flexibility index (Phi) is 3.90. The number of aliphatic carboxylic acids is 1. The van der Waals surface area contributed by atoms with E-state index in [1.54, 1.807) is 0 Å².